The summed E-state index contributed by atoms with van der Waals surface area (Å²) in [5, 5.41) is 7.46. The highest BCUT2D eigenvalue weighted by Gasteiger charge is 2.24. The Balaban J connectivity index is 1.04. The summed E-state index contributed by atoms with van der Waals surface area (Å²) < 4.78 is 7.33. The summed E-state index contributed by atoms with van der Waals surface area (Å²) in [6, 6.07) is 67.2. The maximum Gasteiger partial charge on any atom is 0.165 e. The second kappa shape index (κ2) is 14.6. The Kier molecular flexibility index (Phi) is 8.36. The molecule has 0 saturated carbocycles. The van der Waals surface area contributed by atoms with Gasteiger partial charge in [-0.05, 0) is 84.1 Å². The van der Waals surface area contributed by atoms with Gasteiger partial charge in [0.05, 0.1) is 22.1 Å². The van der Waals surface area contributed by atoms with E-state index in [0.29, 0.717) is 17.5 Å². The molecule has 0 amide bonds. The van der Waals surface area contributed by atoms with Crippen molar-refractivity contribution in [2.75, 3.05) is 0 Å². The van der Waals surface area contributed by atoms with Crippen molar-refractivity contribution in [3.05, 3.63) is 206 Å². The molecule has 6 heteroatoms. The lowest BCUT2D eigenvalue weighted by atomic mass is 9.88. The minimum absolute atomic E-state index is 0.288. The maximum absolute atomic E-state index is 5.26. The van der Waals surface area contributed by atoms with Crippen LogP contribution in [0.5, 0.6) is 0 Å². The fourth-order valence-corrected chi connectivity index (χ4v) is 11.2. The van der Waals surface area contributed by atoms with E-state index in [9.17, 15) is 0 Å². The fraction of sp³-hybridized carbons (Fsp3) is 0.0517. The van der Waals surface area contributed by atoms with Crippen LogP contribution in [0.25, 0.3) is 115 Å². The van der Waals surface area contributed by atoms with Crippen molar-refractivity contribution in [2.24, 2.45) is 5.92 Å². The average Bonchev–Trinajstić information content (AvgIpc) is 4.01. The Morgan fingerprint density at radius 3 is 1.67 bits per heavy atom. The number of nitrogens with zero attached hydrogens (tertiary/aromatic N) is 5. The highest BCUT2D eigenvalue weighted by Crippen LogP contribution is 2.45. The highest BCUT2D eigenvalue weighted by atomic mass is 32.1. The van der Waals surface area contributed by atoms with Crippen LogP contribution in [0, 0.1) is 5.92 Å². The van der Waals surface area contributed by atoms with Crippen LogP contribution >= 0.6 is 11.3 Å². The number of allylic oxidation sites excluding steroid dienone is 4. The van der Waals surface area contributed by atoms with Crippen LogP contribution in [0.4, 0.5) is 0 Å². The Morgan fingerprint density at radius 2 is 1.00 bits per heavy atom. The Labute approximate surface area is 373 Å². The fourth-order valence-electron chi connectivity index (χ4n) is 10.00. The zero-order valence-electron chi connectivity index (χ0n) is 35.0. The van der Waals surface area contributed by atoms with Gasteiger partial charge in [-0.15, -0.1) is 11.3 Å². The third-order valence-corrected chi connectivity index (χ3v) is 14.1. The molecule has 1 aliphatic rings. The lowest BCUT2D eigenvalue weighted by molar-refractivity contribution is 0.747. The predicted octanol–water partition coefficient (Wildman–Crippen LogP) is 15.4. The molecule has 0 radical (unpaired) electrons. The molecule has 302 valence electrons. The molecule has 1 aliphatic carbocycles. The number of hydrogen-bond donors (Lipinski definition) is 0. The minimum Gasteiger partial charge on any atom is -0.309 e. The number of fused-ring (bicyclic) bond motifs is 9. The van der Waals surface area contributed by atoms with E-state index in [-0.39, 0.29) is 5.92 Å². The molecule has 1 atom stereocenters. The summed E-state index contributed by atoms with van der Waals surface area (Å²) in [5.74, 6) is 2.28. The number of para-hydroxylation sites is 3. The molecule has 12 aromatic rings. The van der Waals surface area contributed by atoms with Crippen LogP contribution in [0.15, 0.2) is 200 Å². The Morgan fingerprint density at radius 1 is 0.453 bits per heavy atom. The first-order valence-corrected chi connectivity index (χ1v) is 22.7. The van der Waals surface area contributed by atoms with Gasteiger partial charge in [-0.25, -0.2) is 15.0 Å². The van der Waals surface area contributed by atoms with Gasteiger partial charge in [0, 0.05) is 69.8 Å². The molecule has 4 heterocycles. The van der Waals surface area contributed by atoms with E-state index in [1.165, 1.54) is 80.6 Å². The number of rotatable bonds is 6. The van der Waals surface area contributed by atoms with Crippen molar-refractivity contribution in [3.8, 4) is 39.9 Å². The van der Waals surface area contributed by atoms with Crippen molar-refractivity contribution >= 4 is 86.4 Å². The van der Waals surface area contributed by atoms with Gasteiger partial charge in [0.15, 0.2) is 17.5 Å². The molecule has 1 unspecified atom stereocenters. The van der Waals surface area contributed by atoms with Crippen LogP contribution in [-0.4, -0.2) is 24.1 Å². The highest BCUT2D eigenvalue weighted by molar-refractivity contribution is 7.26. The summed E-state index contributed by atoms with van der Waals surface area (Å²) in [5.41, 5.74) is 12.5. The number of benzene rings is 8. The number of aromatic nitrogens is 5. The normalized spacial score (nSPS) is 14.3. The van der Waals surface area contributed by atoms with Gasteiger partial charge in [0.25, 0.3) is 0 Å². The zero-order chi connectivity index (χ0) is 42.3. The van der Waals surface area contributed by atoms with E-state index in [0.717, 1.165) is 28.8 Å². The molecular weight excluding hydrogens is 799 g/mol. The lowest BCUT2D eigenvalue weighted by Crippen LogP contribution is -2.06. The minimum atomic E-state index is 0.288. The predicted molar refractivity (Wildman–Crippen MR) is 269 cm³/mol. The van der Waals surface area contributed by atoms with Gasteiger partial charge in [-0.3, -0.25) is 0 Å². The average molecular weight is 838 g/mol. The zero-order valence-corrected chi connectivity index (χ0v) is 35.8. The standard InChI is InChI=1S/C58H39N5S/c1-36-29-39(31-42(30-36)63-51-27-15-12-24-44(51)47-34-46-43-23-11-14-26-50(43)62(52(46)35-53(47)63)41-21-9-4-10-22-41)40-32-48-45-25-13-16-28-54(45)64-55(48)49(33-40)58-60-56(37-17-5-2-6-18-37)59-57(61-58)38-19-7-3-8-20-38/h2-28,30-36H,29H2,1H3. The summed E-state index contributed by atoms with van der Waals surface area (Å²) in [7, 11) is 0. The van der Waals surface area contributed by atoms with E-state index < -0.39 is 0 Å². The summed E-state index contributed by atoms with van der Waals surface area (Å²) in [6.07, 6.45) is 5.79. The van der Waals surface area contributed by atoms with Crippen LogP contribution in [0.2, 0.25) is 0 Å². The molecule has 8 aromatic carbocycles. The smallest absolute Gasteiger partial charge is 0.165 e. The van der Waals surface area contributed by atoms with E-state index in [4.69, 9.17) is 15.0 Å². The largest absolute Gasteiger partial charge is 0.309 e. The molecule has 5 nitrogen and oxygen atoms in total. The van der Waals surface area contributed by atoms with Crippen LogP contribution in [0.1, 0.15) is 18.9 Å². The van der Waals surface area contributed by atoms with Gasteiger partial charge >= 0.3 is 0 Å². The van der Waals surface area contributed by atoms with Crippen molar-refractivity contribution in [1.29, 1.82) is 0 Å². The van der Waals surface area contributed by atoms with Crippen molar-refractivity contribution in [1.82, 2.24) is 24.1 Å². The topological polar surface area (TPSA) is 48.5 Å². The Bertz CT molecular complexity index is 3820. The number of thiophene rings is 1. The van der Waals surface area contributed by atoms with Gasteiger partial charge in [0.2, 0.25) is 0 Å². The van der Waals surface area contributed by atoms with Gasteiger partial charge < -0.3 is 9.13 Å². The SMILES string of the molecule is CC1C=C(n2c3ccccc3c3cc4c5ccccc5n(-c5ccccc5)c4cc32)C=C(c2cc(-c3nc(-c4ccccc4)nc(-c4ccccc4)n3)c3sc4ccccc4c3c2)C1. The summed E-state index contributed by atoms with van der Waals surface area (Å²) in [6.45, 7) is 2.34. The summed E-state index contributed by atoms with van der Waals surface area (Å²) >= 11 is 1.81. The molecule has 0 aliphatic heterocycles. The monoisotopic (exact) mass is 837 g/mol. The van der Waals surface area contributed by atoms with Crippen LogP contribution < -0.4 is 0 Å². The second-order valence-electron chi connectivity index (χ2n) is 16.9. The molecule has 4 aromatic heterocycles. The van der Waals surface area contributed by atoms with E-state index in [2.05, 4.69) is 180 Å². The van der Waals surface area contributed by atoms with E-state index >= 15 is 0 Å². The summed E-state index contributed by atoms with van der Waals surface area (Å²) in [4.78, 5) is 15.6. The lowest BCUT2D eigenvalue weighted by Gasteiger charge is -2.22. The van der Waals surface area contributed by atoms with Gasteiger partial charge in [0.1, 0.15) is 0 Å². The second-order valence-corrected chi connectivity index (χ2v) is 18.0. The van der Waals surface area contributed by atoms with Gasteiger partial charge in [-0.1, -0.05) is 146 Å². The number of hydrogen-bond acceptors (Lipinski definition) is 4. The quantitative estimate of drug-likeness (QED) is 0.168. The van der Waals surface area contributed by atoms with E-state index in [1.807, 2.05) is 47.7 Å². The van der Waals surface area contributed by atoms with Crippen LogP contribution in [-0.2, 0) is 0 Å². The molecule has 0 saturated heterocycles. The molecule has 13 rings (SSSR count). The van der Waals surface area contributed by atoms with Crippen molar-refractivity contribution < 1.29 is 0 Å². The maximum atomic E-state index is 5.26. The molecular formula is C58H39N5S. The molecule has 0 N–H and O–H groups in total. The van der Waals surface area contributed by atoms with E-state index in [1.54, 1.807) is 0 Å². The van der Waals surface area contributed by atoms with Crippen molar-refractivity contribution in [2.45, 2.75) is 13.3 Å². The first kappa shape index (κ1) is 36.7. The third-order valence-electron chi connectivity index (χ3n) is 12.8. The van der Waals surface area contributed by atoms with Gasteiger partial charge in [-0.2, -0.15) is 0 Å². The molecule has 0 bridgehead atoms. The first-order valence-electron chi connectivity index (χ1n) is 21.9. The molecule has 0 fully saturated rings. The van der Waals surface area contributed by atoms with Crippen LogP contribution in [0.3, 0.4) is 0 Å². The van der Waals surface area contributed by atoms with Crippen molar-refractivity contribution in [3.63, 3.8) is 0 Å². The molecule has 0 spiro atoms. The first-order chi connectivity index (χ1) is 31.6. The Hall–Kier alpha value is -7.93. The molecule has 64 heavy (non-hydrogen) atoms. The third kappa shape index (κ3) is 5.87.